The van der Waals surface area contributed by atoms with Crippen LogP contribution >= 0.6 is 0 Å². The Balaban J connectivity index is 1.49. The highest BCUT2D eigenvalue weighted by Crippen LogP contribution is 2.23. The van der Waals surface area contributed by atoms with E-state index in [0.717, 1.165) is 27.7 Å². The Kier molecular flexibility index (Phi) is 5.95. The summed E-state index contributed by atoms with van der Waals surface area (Å²) in [6, 6.07) is 13.6. The van der Waals surface area contributed by atoms with E-state index < -0.39 is 24.4 Å². The third kappa shape index (κ3) is 4.47. The van der Waals surface area contributed by atoms with Crippen molar-refractivity contribution in [3.05, 3.63) is 77.4 Å². The van der Waals surface area contributed by atoms with Crippen LogP contribution in [0, 0.1) is 13.8 Å². The van der Waals surface area contributed by atoms with Crippen LogP contribution in [0.1, 0.15) is 17.0 Å². The average molecular weight is 445 g/mol. The number of nitrogens with zero attached hydrogens (tertiary/aromatic N) is 3. The number of anilines is 1. The highest BCUT2D eigenvalue weighted by molar-refractivity contribution is 6.16. The molecule has 1 aliphatic rings. The maximum atomic E-state index is 12.8. The van der Waals surface area contributed by atoms with Gasteiger partial charge in [-0.05, 0) is 68.0 Å². The van der Waals surface area contributed by atoms with Gasteiger partial charge in [-0.3, -0.25) is 9.59 Å². The highest BCUT2D eigenvalue weighted by atomic mass is 16.5. The number of benzene rings is 1. The van der Waals surface area contributed by atoms with Crippen LogP contribution in [0.25, 0.3) is 11.9 Å². The van der Waals surface area contributed by atoms with E-state index in [9.17, 15) is 14.4 Å². The maximum Gasteiger partial charge on any atom is 0.329 e. The number of imide groups is 1. The van der Waals surface area contributed by atoms with Crippen LogP contribution in [0.2, 0.25) is 0 Å². The summed E-state index contributed by atoms with van der Waals surface area (Å²) in [5, 5.41) is 5.23. The molecule has 0 radical (unpaired) electrons. The van der Waals surface area contributed by atoms with Gasteiger partial charge in [0.05, 0.1) is 7.11 Å². The molecular formula is C24H23N5O4. The summed E-state index contributed by atoms with van der Waals surface area (Å²) in [7, 11) is 1.55. The van der Waals surface area contributed by atoms with Gasteiger partial charge in [0, 0.05) is 23.3 Å². The van der Waals surface area contributed by atoms with Crippen molar-refractivity contribution in [1.29, 1.82) is 0 Å². The number of amides is 4. The first-order chi connectivity index (χ1) is 15.9. The summed E-state index contributed by atoms with van der Waals surface area (Å²) >= 11 is 0. The number of pyridine rings is 1. The normalized spacial score (nSPS) is 14.5. The molecule has 0 unspecified atom stereocenters. The van der Waals surface area contributed by atoms with Crippen molar-refractivity contribution in [3.63, 3.8) is 0 Å². The molecule has 1 saturated heterocycles. The predicted octanol–water partition coefficient (Wildman–Crippen LogP) is 3.03. The minimum absolute atomic E-state index is 0.110. The number of ether oxygens (including phenoxy) is 1. The Morgan fingerprint density at radius 1 is 1.15 bits per heavy atom. The zero-order valence-corrected chi connectivity index (χ0v) is 18.5. The quantitative estimate of drug-likeness (QED) is 0.448. The molecule has 9 nitrogen and oxygen atoms in total. The van der Waals surface area contributed by atoms with Crippen molar-refractivity contribution >= 4 is 29.6 Å². The first-order valence-electron chi connectivity index (χ1n) is 10.3. The fourth-order valence-electron chi connectivity index (χ4n) is 3.66. The predicted molar refractivity (Wildman–Crippen MR) is 123 cm³/mol. The molecule has 4 rings (SSSR count). The van der Waals surface area contributed by atoms with E-state index in [4.69, 9.17) is 4.74 Å². The Morgan fingerprint density at radius 3 is 2.58 bits per heavy atom. The third-order valence-corrected chi connectivity index (χ3v) is 5.29. The topological polar surface area (TPSA) is 106 Å². The summed E-state index contributed by atoms with van der Waals surface area (Å²) < 4.78 is 7.05. The minimum Gasteiger partial charge on any atom is -0.497 e. The smallest absolute Gasteiger partial charge is 0.329 e. The lowest BCUT2D eigenvalue weighted by Gasteiger charge is -2.12. The molecule has 3 aromatic rings. The van der Waals surface area contributed by atoms with Crippen molar-refractivity contribution in [2.45, 2.75) is 13.8 Å². The lowest BCUT2D eigenvalue weighted by Crippen LogP contribution is -2.38. The van der Waals surface area contributed by atoms with Gasteiger partial charge in [0.2, 0.25) is 5.91 Å². The first-order valence-corrected chi connectivity index (χ1v) is 10.3. The van der Waals surface area contributed by atoms with E-state index in [1.54, 1.807) is 43.6 Å². The minimum atomic E-state index is -0.644. The second-order valence-corrected chi connectivity index (χ2v) is 7.51. The average Bonchev–Trinajstić information content (AvgIpc) is 3.24. The lowest BCUT2D eigenvalue weighted by molar-refractivity contribution is -0.127. The standard InChI is InChI=1S/C24H23N5O4/c1-15-12-17(16(2)29(15)21-6-4-5-11-25-21)13-20-23(31)28(24(32)27-20)14-22(30)26-18-7-9-19(33-3)10-8-18/h4-13H,14H2,1-3H3,(H,26,30)(H,27,32)/b20-13-. The molecule has 2 aromatic heterocycles. The number of hydrogen-bond donors (Lipinski definition) is 2. The van der Waals surface area contributed by atoms with E-state index in [0.29, 0.717) is 11.4 Å². The van der Waals surface area contributed by atoms with Gasteiger partial charge >= 0.3 is 6.03 Å². The molecule has 0 aliphatic carbocycles. The maximum absolute atomic E-state index is 12.8. The molecule has 0 saturated carbocycles. The zero-order chi connectivity index (χ0) is 23.5. The van der Waals surface area contributed by atoms with Crippen molar-refractivity contribution in [1.82, 2.24) is 19.8 Å². The highest BCUT2D eigenvalue weighted by Gasteiger charge is 2.35. The van der Waals surface area contributed by atoms with Gasteiger partial charge in [0.1, 0.15) is 23.8 Å². The fraction of sp³-hybridized carbons (Fsp3) is 0.167. The first kappa shape index (κ1) is 21.8. The second-order valence-electron chi connectivity index (χ2n) is 7.51. The lowest BCUT2D eigenvalue weighted by atomic mass is 10.2. The largest absolute Gasteiger partial charge is 0.497 e. The zero-order valence-electron chi connectivity index (χ0n) is 18.5. The molecule has 3 heterocycles. The van der Waals surface area contributed by atoms with Crippen molar-refractivity contribution in [2.24, 2.45) is 0 Å². The van der Waals surface area contributed by atoms with Crippen LogP contribution < -0.4 is 15.4 Å². The Bertz CT molecular complexity index is 1250. The SMILES string of the molecule is COc1ccc(NC(=O)CN2C(=O)N/C(=C\c3cc(C)n(-c4ccccn4)c3C)C2=O)cc1. The van der Waals surface area contributed by atoms with E-state index in [1.807, 2.05) is 42.7 Å². The van der Waals surface area contributed by atoms with Gasteiger partial charge in [-0.1, -0.05) is 6.07 Å². The molecule has 2 N–H and O–H groups in total. The Hall–Kier alpha value is -4.40. The molecule has 4 amide bonds. The van der Waals surface area contributed by atoms with Crippen molar-refractivity contribution < 1.29 is 19.1 Å². The van der Waals surface area contributed by atoms with Gasteiger partial charge in [-0.2, -0.15) is 0 Å². The molecule has 0 bridgehead atoms. The number of methoxy groups -OCH3 is 1. The monoisotopic (exact) mass is 445 g/mol. The van der Waals surface area contributed by atoms with E-state index >= 15 is 0 Å². The van der Waals surface area contributed by atoms with Crippen LogP contribution in [0.5, 0.6) is 5.75 Å². The van der Waals surface area contributed by atoms with Crippen LogP contribution in [0.3, 0.4) is 0 Å². The molecule has 1 aliphatic heterocycles. The number of hydrogen-bond acceptors (Lipinski definition) is 5. The van der Waals surface area contributed by atoms with Crippen LogP contribution in [-0.4, -0.2) is 46.0 Å². The van der Waals surface area contributed by atoms with E-state index in [1.165, 1.54) is 0 Å². The number of nitrogens with one attached hydrogen (secondary N) is 2. The van der Waals surface area contributed by atoms with Gasteiger partial charge in [0.25, 0.3) is 5.91 Å². The Labute approximate surface area is 190 Å². The number of rotatable bonds is 6. The van der Waals surface area contributed by atoms with Crippen molar-refractivity contribution in [3.8, 4) is 11.6 Å². The summed E-state index contributed by atoms with van der Waals surface area (Å²) in [6.07, 6.45) is 3.32. The van der Waals surface area contributed by atoms with Gasteiger partial charge < -0.3 is 19.9 Å². The number of carbonyl (C=O) groups excluding carboxylic acids is 3. The molecule has 0 spiro atoms. The van der Waals surface area contributed by atoms with E-state index in [2.05, 4.69) is 15.6 Å². The molecule has 33 heavy (non-hydrogen) atoms. The third-order valence-electron chi connectivity index (χ3n) is 5.29. The summed E-state index contributed by atoms with van der Waals surface area (Å²) in [5.41, 5.74) is 3.22. The molecule has 1 fully saturated rings. The van der Waals surface area contributed by atoms with Crippen LogP contribution in [-0.2, 0) is 9.59 Å². The summed E-state index contributed by atoms with van der Waals surface area (Å²) in [4.78, 5) is 42.8. The van der Waals surface area contributed by atoms with Crippen LogP contribution in [0.15, 0.2) is 60.4 Å². The van der Waals surface area contributed by atoms with Gasteiger partial charge in [0.15, 0.2) is 0 Å². The number of aryl methyl sites for hydroxylation is 1. The fourth-order valence-corrected chi connectivity index (χ4v) is 3.66. The molecule has 0 atom stereocenters. The number of urea groups is 1. The summed E-state index contributed by atoms with van der Waals surface area (Å²) in [6.45, 7) is 3.45. The number of carbonyl (C=O) groups is 3. The van der Waals surface area contributed by atoms with Gasteiger partial charge in [-0.15, -0.1) is 0 Å². The summed E-state index contributed by atoms with van der Waals surface area (Å²) in [5.74, 6) is 0.362. The molecule has 9 heteroatoms. The molecule has 168 valence electrons. The second kappa shape index (κ2) is 8.99. The Morgan fingerprint density at radius 2 is 1.91 bits per heavy atom. The molecular weight excluding hydrogens is 422 g/mol. The van der Waals surface area contributed by atoms with Gasteiger partial charge in [-0.25, -0.2) is 14.7 Å². The van der Waals surface area contributed by atoms with E-state index in [-0.39, 0.29) is 5.70 Å². The van der Waals surface area contributed by atoms with Crippen molar-refractivity contribution in [2.75, 3.05) is 19.0 Å². The number of aromatic nitrogens is 2. The van der Waals surface area contributed by atoms with Crippen LogP contribution in [0.4, 0.5) is 10.5 Å². The molecule has 1 aromatic carbocycles.